The number of rotatable bonds is 4. The van der Waals surface area contributed by atoms with Gasteiger partial charge in [0.1, 0.15) is 0 Å². The molecule has 0 aliphatic heterocycles. The molecule has 1 aliphatic rings. The molecule has 1 aromatic rings. The first kappa shape index (κ1) is 11.8. The van der Waals surface area contributed by atoms with Gasteiger partial charge < -0.3 is 0 Å². The van der Waals surface area contributed by atoms with E-state index in [0.29, 0.717) is 0 Å². The van der Waals surface area contributed by atoms with Gasteiger partial charge in [-0.15, -0.1) is 11.8 Å². The van der Waals surface area contributed by atoms with Crippen LogP contribution in [-0.4, -0.2) is 5.75 Å². The van der Waals surface area contributed by atoms with Crippen LogP contribution in [0, 0.1) is 5.92 Å². The molecule has 0 aromatic heterocycles. The average molecular weight is 232 g/mol. The van der Waals surface area contributed by atoms with Gasteiger partial charge in [-0.25, -0.2) is 0 Å². The van der Waals surface area contributed by atoms with E-state index in [4.69, 9.17) is 0 Å². The summed E-state index contributed by atoms with van der Waals surface area (Å²) in [6, 6.07) is 10.6. The highest BCUT2D eigenvalue weighted by Gasteiger charge is 2.09. The van der Waals surface area contributed by atoms with Crippen molar-refractivity contribution in [3.63, 3.8) is 0 Å². The largest absolute Gasteiger partial charge is 0.122 e. The minimum atomic E-state index is 0.866. The molecule has 16 heavy (non-hydrogen) atoms. The Hall–Kier alpha value is -0.690. The first-order chi connectivity index (χ1) is 7.95. The van der Waals surface area contributed by atoms with E-state index in [9.17, 15) is 0 Å². The summed E-state index contributed by atoms with van der Waals surface area (Å²) in [5, 5.41) is 0. The minimum absolute atomic E-state index is 0.866. The van der Waals surface area contributed by atoms with E-state index in [1.165, 1.54) is 37.0 Å². The molecule has 0 spiro atoms. The van der Waals surface area contributed by atoms with Gasteiger partial charge >= 0.3 is 0 Å². The van der Waals surface area contributed by atoms with Gasteiger partial charge in [-0.05, 0) is 30.9 Å². The Bertz CT molecular complexity index is 309. The van der Waals surface area contributed by atoms with Gasteiger partial charge in [0.2, 0.25) is 0 Å². The van der Waals surface area contributed by atoms with Crippen molar-refractivity contribution in [3.8, 4) is 0 Å². The van der Waals surface area contributed by atoms with Crippen LogP contribution in [-0.2, 0) is 0 Å². The molecule has 86 valence electrons. The molecular formula is C15H20S. The van der Waals surface area contributed by atoms with Crippen molar-refractivity contribution in [2.75, 3.05) is 5.75 Å². The summed E-state index contributed by atoms with van der Waals surface area (Å²) in [7, 11) is 0. The van der Waals surface area contributed by atoms with Crippen LogP contribution in [0.25, 0.3) is 0 Å². The van der Waals surface area contributed by atoms with E-state index >= 15 is 0 Å². The van der Waals surface area contributed by atoms with E-state index in [2.05, 4.69) is 42.5 Å². The molecule has 1 aliphatic carbocycles. The zero-order valence-corrected chi connectivity index (χ0v) is 10.6. The second kappa shape index (κ2) is 6.80. The van der Waals surface area contributed by atoms with Gasteiger partial charge in [0.05, 0.1) is 0 Å². The van der Waals surface area contributed by atoms with Crippen molar-refractivity contribution < 1.29 is 0 Å². The third kappa shape index (κ3) is 4.05. The maximum atomic E-state index is 2.44. The van der Waals surface area contributed by atoms with E-state index in [1.54, 1.807) is 0 Å². The Labute approximate surface area is 103 Å². The van der Waals surface area contributed by atoms with Gasteiger partial charge in [0, 0.05) is 10.6 Å². The standard InChI is InChI=1S/C15H20S/c1-3-8-14(9-4-1)10-7-13-16-15-11-5-2-6-12-15/h2,5-7,10-12,14H,1,3-4,8-9,13H2/b10-7+. The number of hydrogen-bond donors (Lipinski definition) is 0. The zero-order valence-electron chi connectivity index (χ0n) is 9.77. The summed E-state index contributed by atoms with van der Waals surface area (Å²) in [4.78, 5) is 1.37. The lowest BCUT2D eigenvalue weighted by Gasteiger charge is -2.17. The molecule has 2 rings (SSSR count). The summed E-state index contributed by atoms with van der Waals surface area (Å²) in [6.45, 7) is 0. The normalized spacial score (nSPS) is 18.0. The van der Waals surface area contributed by atoms with Gasteiger partial charge in [0.15, 0.2) is 0 Å². The maximum Gasteiger partial charge on any atom is 0.0161 e. The lowest BCUT2D eigenvalue weighted by Crippen LogP contribution is -2.02. The fourth-order valence-electron chi connectivity index (χ4n) is 2.24. The Morgan fingerprint density at radius 1 is 1.06 bits per heavy atom. The molecular weight excluding hydrogens is 212 g/mol. The SMILES string of the molecule is C(=C\C1CCCCC1)/CSc1ccccc1. The summed E-state index contributed by atoms with van der Waals surface area (Å²) in [5.74, 6) is 1.98. The molecule has 0 bridgehead atoms. The maximum absolute atomic E-state index is 2.44. The monoisotopic (exact) mass is 232 g/mol. The molecule has 0 atom stereocenters. The van der Waals surface area contributed by atoms with Crippen molar-refractivity contribution in [3.05, 3.63) is 42.5 Å². The molecule has 1 fully saturated rings. The zero-order chi connectivity index (χ0) is 11.1. The second-order valence-corrected chi connectivity index (χ2v) is 5.54. The Morgan fingerprint density at radius 3 is 2.56 bits per heavy atom. The molecule has 0 N–H and O–H groups in total. The number of benzene rings is 1. The first-order valence-corrected chi connectivity index (χ1v) is 7.28. The second-order valence-electron chi connectivity index (χ2n) is 4.45. The van der Waals surface area contributed by atoms with Crippen LogP contribution in [0.5, 0.6) is 0 Å². The lowest BCUT2D eigenvalue weighted by atomic mass is 9.89. The molecule has 0 amide bonds. The van der Waals surface area contributed by atoms with Crippen LogP contribution in [0.1, 0.15) is 32.1 Å². The third-order valence-corrected chi connectivity index (χ3v) is 4.11. The lowest BCUT2D eigenvalue weighted by molar-refractivity contribution is 0.419. The van der Waals surface area contributed by atoms with Gasteiger partial charge in [-0.2, -0.15) is 0 Å². The fraction of sp³-hybridized carbons (Fsp3) is 0.467. The summed E-state index contributed by atoms with van der Waals surface area (Å²) in [6.07, 6.45) is 11.9. The minimum Gasteiger partial charge on any atom is -0.122 e. The van der Waals surface area contributed by atoms with Crippen LogP contribution in [0.4, 0.5) is 0 Å². The van der Waals surface area contributed by atoms with E-state index < -0.39 is 0 Å². The van der Waals surface area contributed by atoms with E-state index in [0.717, 1.165) is 11.7 Å². The molecule has 0 nitrogen and oxygen atoms in total. The smallest absolute Gasteiger partial charge is 0.0161 e. The van der Waals surface area contributed by atoms with Crippen molar-refractivity contribution in [1.82, 2.24) is 0 Å². The molecule has 0 saturated heterocycles. The average Bonchev–Trinajstić information content (AvgIpc) is 2.37. The molecule has 1 aromatic carbocycles. The highest BCUT2D eigenvalue weighted by molar-refractivity contribution is 7.99. The van der Waals surface area contributed by atoms with Crippen molar-refractivity contribution in [2.45, 2.75) is 37.0 Å². The third-order valence-electron chi connectivity index (χ3n) is 3.15. The fourth-order valence-corrected chi connectivity index (χ4v) is 2.99. The highest BCUT2D eigenvalue weighted by Crippen LogP contribution is 2.25. The van der Waals surface area contributed by atoms with Gasteiger partial charge in [-0.1, -0.05) is 49.6 Å². The predicted octanol–water partition coefficient (Wildman–Crippen LogP) is 4.92. The Balaban J connectivity index is 1.69. The molecule has 0 radical (unpaired) electrons. The Morgan fingerprint density at radius 2 is 1.81 bits per heavy atom. The molecule has 1 saturated carbocycles. The quantitative estimate of drug-likeness (QED) is 0.525. The first-order valence-electron chi connectivity index (χ1n) is 6.29. The number of allylic oxidation sites excluding steroid dienone is 1. The van der Waals surface area contributed by atoms with Crippen molar-refractivity contribution in [1.29, 1.82) is 0 Å². The van der Waals surface area contributed by atoms with Crippen LogP contribution >= 0.6 is 11.8 Å². The highest BCUT2D eigenvalue weighted by atomic mass is 32.2. The molecule has 1 heteroatoms. The summed E-state index contributed by atoms with van der Waals surface area (Å²) in [5.41, 5.74) is 0. The number of thioether (sulfide) groups is 1. The van der Waals surface area contributed by atoms with Crippen LogP contribution in [0.3, 0.4) is 0 Å². The van der Waals surface area contributed by atoms with Crippen LogP contribution < -0.4 is 0 Å². The summed E-state index contributed by atoms with van der Waals surface area (Å²) < 4.78 is 0. The van der Waals surface area contributed by atoms with E-state index in [-0.39, 0.29) is 0 Å². The molecule has 0 heterocycles. The molecule has 0 unspecified atom stereocenters. The van der Waals surface area contributed by atoms with Crippen LogP contribution in [0.2, 0.25) is 0 Å². The van der Waals surface area contributed by atoms with Gasteiger partial charge in [-0.3, -0.25) is 0 Å². The van der Waals surface area contributed by atoms with E-state index in [1.807, 2.05) is 11.8 Å². The summed E-state index contributed by atoms with van der Waals surface area (Å²) >= 11 is 1.92. The predicted molar refractivity (Wildman–Crippen MR) is 72.9 cm³/mol. The van der Waals surface area contributed by atoms with Gasteiger partial charge in [0.25, 0.3) is 0 Å². The number of hydrogen-bond acceptors (Lipinski definition) is 1. The topological polar surface area (TPSA) is 0 Å². The van der Waals surface area contributed by atoms with Crippen molar-refractivity contribution >= 4 is 11.8 Å². The van der Waals surface area contributed by atoms with Crippen molar-refractivity contribution in [2.24, 2.45) is 5.92 Å². The van der Waals surface area contributed by atoms with Crippen LogP contribution in [0.15, 0.2) is 47.4 Å². The Kier molecular flexibility index (Phi) is 5.01.